The topological polar surface area (TPSA) is 236 Å². The zero-order valence-corrected chi connectivity index (χ0v) is 24.5. The summed E-state index contributed by atoms with van der Waals surface area (Å²) in [5.74, 6) is -4.02. The molecule has 0 spiro atoms. The molecule has 14 nitrogen and oxygen atoms in total. The van der Waals surface area contributed by atoms with E-state index < -0.39 is 85.8 Å². The van der Waals surface area contributed by atoms with Crippen LogP contribution < -0.4 is 0 Å². The Morgan fingerprint density at radius 2 is 1.51 bits per heavy atom. The third-order valence-electron chi connectivity index (χ3n) is 8.25. The number of hydrogen-bond acceptors (Lipinski definition) is 14. The molecule has 2 heterocycles. The number of rotatable bonds is 11. The maximum atomic E-state index is 12.9. The Hall–Kier alpha value is -3.47. The van der Waals surface area contributed by atoms with Crippen LogP contribution in [-0.4, -0.2) is 121 Å². The van der Waals surface area contributed by atoms with Crippen LogP contribution in [0.15, 0.2) is 42.5 Å². The summed E-state index contributed by atoms with van der Waals surface area (Å²) in [5.41, 5.74) is 0.986. The van der Waals surface area contributed by atoms with Gasteiger partial charge in [0.1, 0.15) is 24.4 Å². The molecule has 45 heavy (non-hydrogen) atoms. The van der Waals surface area contributed by atoms with Gasteiger partial charge in [-0.3, -0.25) is 0 Å². The first kappa shape index (κ1) is 34.4. The standard InChI is InChI=1S/C31H40O14/c1-15-19(13-32)27(39)29(41)24(43-15)12-18-28(40)31(42-9-8-17-3-6-21(35)23(37)11-17)44-25(14-33)30(18)45-26(38)7-4-16-2-5-20(34)22(36)10-16/h2-7,10-11,15,18-19,24-25,27-37,39-41H,8-9,12-14H2,1H3/b7-4+/t15?,18?,19-,24-,25?,27?,28?,29+,30-,31+/m0/s1. The predicted octanol–water partition coefficient (Wildman–Crippen LogP) is -0.105. The van der Waals surface area contributed by atoms with Crippen molar-refractivity contribution in [2.24, 2.45) is 11.8 Å². The monoisotopic (exact) mass is 636 g/mol. The van der Waals surface area contributed by atoms with Crippen molar-refractivity contribution in [1.82, 2.24) is 0 Å². The lowest BCUT2D eigenvalue weighted by Gasteiger charge is -2.47. The van der Waals surface area contributed by atoms with E-state index >= 15 is 0 Å². The van der Waals surface area contributed by atoms with Gasteiger partial charge in [-0.05, 0) is 61.2 Å². The van der Waals surface area contributed by atoms with Gasteiger partial charge in [0.2, 0.25) is 0 Å². The van der Waals surface area contributed by atoms with Gasteiger partial charge in [0.05, 0.1) is 38.1 Å². The smallest absolute Gasteiger partial charge is 0.331 e. The largest absolute Gasteiger partial charge is 0.504 e. The van der Waals surface area contributed by atoms with Crippen LogP contribution in [0.3, 0.4) is 0 Å². The summed E-state index contributed by atoms with van der Waals surface area (Å²) in [4.78, 5) is 12.9. The molecule has 0 aromatic heterocycles. The average Bonchev–Trinajstić information content (AvgIpc) is 3.01. The normalized spacial score (nSPS) is 32.0. The Balaban J connectivity index is 1.53. The molecule has 2 fully saturated rings. The number of aliphatic hydroxyl groups excluding tert-OH is 5. The highest BCUT2D eigenvalue weighted by Gasteiger charge is 2.51. The van der Waals surface area contributed by atoms with Crippen LogP contribution in [0.2, 0.25) is 0 Å². The van der Waals surface area contributed by atoms with Crippen LogP contribution in [0.25, 0.3) is 6.08 Å². The molecule has 9 N–H and O–H groups in total. The van der Waals surface area contributed by atoms with Gasteiger partial charge in [0.25, 0.3) is 0 Å². The van der Waals surface area contributed by atoms with Gasteiger partial charge < -0.3 is 64.9 Å². The molecular formula is C31H40O14. The molecule has 0 amide bonds. The zero-order chi connectivity index (χ0) is 32.8. The fraction of sp³-hybridized carbons (Fsp3) is 0.516. The summed E-state index contributed by atoms with van der Waals surface area (Å²) in [6, 6.07) is 8.15. The summed E-state index contributed by atoms with van der Waals surface area (Å²) >= 11 is 0. The first-order valence-electron chi connectivity index (χ1n) is 14.5. The molecule has 2 saturated heterocycles. The minimum atomic E-state index is -1.48. The molecule has 10 atom stereocenters. The number of ether oxygens (including phenoxy) is 4. The molecule has 2 aliphatic rings. The maximum absolute atomic E-state index is 12.9. The second kappa shape index (κ2) is 15.2. The number of hydrogen-bond donors (Lipinski definition) is 9. The third-order valence-corrected chi connectivity index (χ3v) is 8.25. The number of phenols is 4. The Morgan fingerprint density at radius 3 is 2.16 bits per heavy atom. The van der Waals surface area contributed by atoms with E-state index in [4.69, 9.17) is 18.9 Å². The van der Waals surface area contributed by atoms with E-state index in [-0.39, 0.29) is 36.7 Å². The lowest BCUT2D eigenvalue weighted by atomic mass is 9.79. The van der Waals surface area contributed by atoms with Crippen molar-refractivity contribution >= 4 is 12.0 Å². The van der Waals surface area contributed by atoms with Gasteiger partial charge in [-0.25, -0.2) is 4.79 Å². The molecule has 0 aliphatic carbocycles. The van der Waals surface area contributed by atoms with E-state index in [9.17, 15) is 50.8 Å². The highest BCUT2D eigenvalue weighted by Crippen LogP contribution is 2.37. The number of esters is 1. The molecule has 5 unspecified atom stereocenters. The summed E-state index contributed by atoms with van der Waals surface area (Å²) in [6.45, 7) is 0.525. The Labute approximate surface area is 258 Å². The van der Waals surface area contributed by atoms with Gasteiger partial charge in [0, 0.05) is 17.9 Å². The second-order valence-corrected chi connectivity index (χ2v) is 11.2. The summed E-state index contributed by atoms with van der Waals surface area (Å²) < 4.78 is 23.1. The number of carbonyl (C=O) groups is 1. The zero-order valence-electron chi connectivity index (χ0n) is 24.5. The fourth-order valence-corrected chi connectivity index (χ4v) is 5.65. The van der Waals surface area contributed by atoms with E-state index in [2.05, 4.69) is 0 Å². The Bertz CT molecular complexity index is 1320. The lowest BCUT2D eigenvalue weighted by molar-refractivity contribution is -0.298. The quantitative estimate of drug-likeness (QED) is 0.0890. The van der Waals surface area contributed by atoms with E-state index in [0.29, 0.717) is 11.1 Å². The van der Waals surface area contributed by atoms with Crippen molar-refractivity contribution in [3.8, 4) is 23.0 Å². The molecule has 2 aromatic rings. The minimum Gasteiger partial charge on any atom is -0.504 e. The summed E-state index contributed by atoms with van der Waals surface area (Å²) in [7, 11) is 0. The molecule has 4 rings (SSSR count). The average molecular weight is 637 g/mol. The van der Waals surface area contributed by atoms with Crippen LogP contribution in [0, 0.1) is 11.8 Å². The van der Waals surface area contributed by atoms with Gasteiger partial charge >= 0.3 is 5.97 Å². The highest BCUT2D eigenvalue weighted by atomic mass is 16.7. The van der Waals surface area contributed by atoms with E-state index in [1.54, 1.807) is 13.0 Å². The SMILES string of the molecule is CC1O[C@@H](CC2C(O)[C@H](OCCc3ccc(O)c(O)c3)OC(CO)[C@H]2OC(=O)/C=C/c2ccc(O)c(O)c2)[C@@H](O)C(O)[C@H]1CO. The molecule has 0 bridgehead atoms. The molecule has 14 heteroatoms. The van der Waals surface area contributed by atoms with Gasteiger partial charge in [0.15, 0.2) is 29.3 Å². The summed E-state index contributed by atoms with van der Waals surface area (Å²) in [6.07, 6.45) is -7.34. The number of aliphatic hydroxyl groups is 5. The number of benzene rings is 2. The van der Waals surface area contributed by atoms with Gasteiger partial charge in [-0.1, -0.05) is 12.1 Å². The maximum Gasteiger partial charge on any atom is 0.331 e. The molecule has 0 saturated carbocycles. The van der Waals surface area contributed by atoms with Crippen LogP contribution in [0.1, 0.15) is 24.5 Å². The molecule has 2 aliphatic heterocycles. The first-order valence-corrected chi connectivity index (χ1v) is 14.5. The lowest BCUT2D eigenvalue weighted by Crippen LogP contribution is -2.60. The predicted molar refractivity (Wildman–Crippen MR) is 155 cm³/mol. The van der Waals surface area contributed by atoms with E-state index in [1.165, 1.54) is 36.4 Å². The van der Waals surface area contributed by atoms with Crippen molar-refractivity contribution in [3.63, 3.8) is 0 Å². The highest BCUT2D eigenvalue weighted by molar-refractivity contribution is 5.87. The molecule has 2 aromatic carbocycles. The first-order chi connectivity index (χ1) is 21.4. The van der Waals surface area contributed by atoms with Gasteiger partial charge in [-0.15, -0.1) is 0 Å². The van der Waals surface area contributed by atoms with Crippen molar-refractivity contribution in [2.75, 3.05) is 19.8 Å². The van der Waals surface area contributed by atoms with E-state index in [0.717, 1.165) is 6.08 Å². The van der Waals surface area contributed by atoms with Crippen LogP contribution in [-0.2, 0) is 30.2 Å². The van der Waals surface area contributed by atoms with Crippen LogP contribution in [0.4, 0.5) is 0 Å². The van der Waals surface area contributed by atoms with Crippen molar-refractivity contribution in [2.45, 2.75) is 68.8 Å². The second-order valence-electron chi connectivity index (χ2n) is 11.2. The van der Waals surface area contributed by atoms with E-state index in [1.807, 2.05) is 0 Å². The van der Waals surface area contributed by atoms with Gasteiger partial charge in [-0.2, -0.15) is 0 Å². The van der Waals surface area contributed by atoms with Crippen LogP contribution >= 0.6 is 0 Å². The Morgan fingerprint density at radius 1 is 0.822 bits per heavy atom. The molecular weight excluding hydrogens is 596 g/mol. The number of phenolic OH excluding ortho intramolecular Hbond substituents is 4. The molecule has 0 radical (unpaired) electrons. The number of carbonyl (C=O) groups excluding carboxylic acids is 1. The Kier molecular flexibility index (Phi) is 11.6. The minimum absolute atomic E-state index is 0.0139. The van der Waals surface area contributed by atoms with Crippen molar-refractivity contribution < 1.29 is 69.7 Å². The fourth-order valence-electron chi connectivity index (χ4n) is 5.65. The van der Waals surface area contributed by atoms with Crippen molar-refractivity contribution in [3.05, 3.63) is 53.6 Å². The summed E-state index contributed by atoms with van der Waals surface area (Å²) in [5, 5.41) is 91.2. The number of aromatic hydroxyl groups is 4. The van der Waals surface area contributed by atoms with Crippen molar-refractivity contribution in [1.29, 1.82) is 0 Å². The van der Waals surface area contributed by atoms with Crippen LogP contribution in [0.5, 0.6) is 23.0 Å². The third kappa shape index (κ3) is 8.23. The molecule has 248 valence electrons.